The van der Waals surface area contributed by atoms with E-state index >= 15 is 0 Å². The van der Waals surface area contributed by atoms with Gasteiger partial charge >= 0.3 is 5.97 Å². The van der Waals surface area contributed by atoms with Crippen molar-refractivity contribution in [3.8, 4) is 11.5 Å². The van der Waals surface area contributed by atoms with Crippen molar-refractivity contribution in [2.45, 2.75) is 111 Å². The number of rotatable bonds is 5. The zero-order valence-electron chi connectivity index (χ0n) is 32.8. The molecule has 3 fully saturated rings. The van der Waals surface area contributed by atoms with Crippen molar-refractivity contribution in [1.82, 2.24) is 5.32 Å². The summed E-state index contributed by atoms with van der Waals surface area (Å²) < 4.78 is 32.5. The number of esters is 1. The third-order valence-corrected chi connectivity index (χ3v) is 17.2. The largest absolute Gasteiger partial charge is 0.485 e. The maximum atomic E-state index is 13.8. The average Bonchev–Trinajstić information content (AvgIpc) is 3.68. The standard InChI is InChI=1S/C43H55NO12S2/c1-3-52-33(48)12-8-25-21-26-15-19-53-34(26)36-35(25)55-40-17-14-32-43(56-40,31(47)6-4-5-24(2)7-9-27(22-57-58-32)44-18-20-54-36)41(50)29-13-16-39(23-45)30(46)11-10-28(29)37(39)42(40,51)38(41)49/h10-11,13-17,19,21,24,27-32,37-38,44-47,49-51H,3-9,12,18,20,22-23H2,1-2H3/t24-,27+,28+,29-,30+,31-,32-,37-,38+,39-,40-,41+,42-,43+/m1/s1. The van der Waals surface area contributed by atoms with Crippen molar-refractivity contribution < 1.29 is 58.8 Å². The predicted molar refractivity (Wildman–Crippen MR) is 217 cm³/mol. The summed E-state index contributed by atoms with van der Waals surface area (Å²) in [6.45, 7) is 4.21. The van der Waals surface area contributed by atoms with E-state index in [2.05, 4.69) is 12.2 Å². The number of hydrogen-bond acceptors (Lipinski definition) is 15. The summed E-state index contributed by atoms with van der Waals surface area (Å²) in [6.07, 6.45) is 10.5. The highest BCUT2D eigenvalue weighted by Crippen LogP contribution is 2.72. The summed E-state index contributed by atoms with van der Waals surface area (Å²) in [5.41, 5.74) is -7.57. The van der Waals surface area contributed by atoms with E-state index in [1.807, 2.05) is 6.07 Å². The van der Waals surface area contributed by atoms with E-state index in [9.17, 15) is 35.4 Å². The van der Waals surface area contributed by atoms with Gasteiger partial charge in [0.05, 0.1) is 36.9 Å². The Morgan fingerprint density at radius 2 is 1.88 bits per heavy atom. The molecule has 14 atom stereocenters. The molecule has 2 saturated heterocycles. The quantitative estimate of drug-likeness (QED) is 0.131. The Kier molecular flexibility index (Phi) is 10.6. The van der Waals surface area contributed by atoms with Crippen LogP contribution in [0.1, 0.15) is 57.9 Å². The predicted octanol–water partition coefficient (Wildman–Crippen LogP) is 3.57. The van der Waals surface area contributed by atoms with Crippen LogP contribution in [0, 0.1) is 29.1 Å². The molecule has 1 aromatic heterocycles. The molecule has 0 unspecified atom stereocenters. The molecule has 0 amide bonds. The van der Waals surface area contributed by atoms with E-state index in [0.717, 1.165) is 19.3 Å². The molecular weight excluding hydrogens is 787 g/mol. The maximum Gasteiger partial charge on any atom is 0.306 e. The highest BCUT2D eigenvalue weighted by Gasteiger charge is 2.88. The van der Waals surface area contributed by atoms with Crippen LogP contribution in [0.5, 0.6) is 11.5 Å². The Morgan fingerprint density at radius 1 is 1.03 bits per heavy atom. The van der Waals surface area contributed by atoms with Gasteiger partial charge in [-0.2, -0.15) is 0 Å². The van der Waals surface area contributed by atoms with E-state index in [1.165, 1.54) is 17.1 Å². The Bertz CT molecular complexity index is 1990. The van der Waals surface area contributed by atoms with Gasteiger partial charge in [-0.3, -0.25) is 4.79 Å². The third kappa shape index (κ3) is 5.71. The normalized spacial score (nSPS) is 44.3. The second-order valence-electron chi connectivity index (χ2n) is 17.4. The van der Waals surface area contributed by atoms with E-state index < -0.39 is 81.9 Å². The van der Waals surface area contributed by atoms with Crippen LogP contribution in [-0.4, -0.2) is 121 Å². The van der Waals surface area contributed by atoms with Gasteiger partial charge in [-0.05, 0) is 68.2 Å². The molecule has 58 heavy (non-hydrogen) atoms. The van der Waals surface area contributed by atoms with Gasteiger partial charge in [-0.15, -0.1) is 0 Å². The smallest absolute Gasteiger partial charge is 0.306 e. The van der Waals surface area contributed by atoms with Crippen LogP contribution in [0.4, 0.5) is 0 Å². The Labute approximate surface area is 345 Å². The monoisotopic (exact) mass is 841 g/mol. The van der Waals surface area contributed by atoms with E-state index in [4.69, 9.17) is 23.4 Å². The van der Waals surface area contributed by atoms with Gasteiger partial charge in [0.15, 0.2) is 16.9 Å². The van der Waals surface area contributed by atoms with Crippen molar-refractivity contribution in [1.29, 1.82) is 0 Å². The number of benzene rings is 1. The van der Waals surface area contributed by atoms with Gasteiger partial charge in [-0.25, -0.2) is 0 Å². The first-order valence-electron chi connectivity index (χ1n) is 20.8. The second kappa shape index (κ2) is 15.1. The first-order valence-corrected chi connectivity index (χ1v) is 23.2. The maximum absolute atomic E-state index is 13.8. The van der Waals surface area contributed by atoms with Gasteiger partial charge in [-0.1, -0.05) is 71.7 Å². The Balaban J connectivity index is 1.33. The molecule has 1 aromatic carbocycles. The van der Waals surface area contributed by atoms with Crippen LogP contribution >= 0.6 is 21.6 Å². The summed E-state index contributed by atoms with van der Waals surface area (Å²) in [5.74, 6) is -4.35. The minimum atomic E-state index is -2.59. The van der Waals surface area contributed by atoms with Crippen LogP contribution in [0.3, 0.4) is 0 Å². The summed E-state index contributed by atoms with van der Waals surface area (Å²) in [7, 11) is 3.04. The van der Waals surface area contributed by atoms with Crippen LogP contribution in [0.25, 0.3) is 11.0 Å². The second-order valence-corrected chi connectivity index (χ2v) is 19.9. The molecule has 0 radical (unpaired) electrons. The van der Waals surface area contributed by atoms with Gasteiger partial charge in [0.25, 0.3) is 5.79 Å². The number of fused-ring (bicyclic) bond motifs is 7. The summed E-state index contributed by atoms with van der Waals surface area (Å²) in [6, 6.07) is 3.69. The van der Waals surface area contributed by atoms with Crippen molar-refractivity contribution in [2.75, 3.05) is 32.1 Å². The number of carbonyl (C=O) groups excluding carboxylic acids is 1. The highest BCUT2D eigenvalue weighted by atomic mass is 33.1. The third-order valence-electron chi connectivity index (χ3n) is 14.4. The number of ether oxygens (including phenoxy) is 4. The molecule has 8 aliphatic rings. The fourth-order valence-corrected chi connectivity index (χ4v) is 14.6. The lowest BCUT2D eigenvalue weighted by Crippen LogP contribution is -2.94. The Morgan fingerprint density at radius 3 is 2.69 bits per heavy atom. The average molecular weight is 842 g/mol. The lowest BCUT2D eigenvalue weighted by Gasteiger charge is -2.76. The number of furan rings is 1. The van der Waals surface area contributed by atoms with E-state index in [-0.39, 0.29) is 50.0 Å². The molecule has 13 nitrogen and oxygen atoms in total. The van der Waals surface area contributed by atoms with Gasteiger partial charge in [0.1, 0.15) is 23.9 Å². The highest BCUT2D eigenvalue weighted by molar-refractivity contribution is 8.77. The molecule has 15 heteroatoms. The lowest BCUT2D eigenvalue weighted by atomic mass is 9.38. The molecule has 10 rings (SSSR count). The zero-order valence-corrected chi connectivity index (χ0v) is 34.5. The number of allylic oxidation sites excluding steroid dienone is 1. The molecule has 6 heterocycles. The number of aliphatic hydroxyl groups is 6. The van der Waals surface area contributed by atoms with Crippen LogP contribution in [0.15, 0.2) is 59.3 Å². The first kappa shape index (κ1) is 40.8. The molecular formula is C43H55NO12S2. The van der Waals surface area contributed by atoms with Crippen molar-refractivity contribution in [2.24, 2.45) is 29.1 Å². The number of aryl methyl sites for hydroxylation is 1. The van der Waals surface area contributed by atoms with Crippen LogP contribution in [-0.2, 0) is 20.7 Å². The van der Waals surface area contributed by atoms with E-state index in [0.29, 0.717) is 41.2 Å². The van der Waals surface area contributed by atoms with Crippen LogP contribution in [0.2, 0.25) is 0 Å². The fourth-order valence-electron chi connectivity index (χ4n) is 11.5. The minimum absolute atomic E-state index is 0.0225. The molecule has 7 N–H and O–H groups in total. The molecule has 2 aromatic rings. The van der Waals surface area contributed by atoms with Crippen molar-refractivity contribution >= 4 is 38.5 Å². The first-order chi connectivity index (χ1) is 27.9. The van der Waals surface area contributed by atoms with Gasteiger partial charge < -0.3 is 59.3 Å². The lowest BCUT2D eigenvalue weighted by molar-refractivity contribution is -0.469. The number of carbonyl (C=O) groups is 1. The van der Waals surface area contributed by atoms with Crippen molar-refractivity contribution in [3.05, 3.63) is 60.4 Å². The zero-order chi connectivity index (χ0) is 40.7. The molecule has 1 saturated carbocycles. The van der Waals surface area contributed by atoms with E-state index in [1.54, 1.807) is 60.2 Å². The SMILES string of the molecule is CCOC(=O)CCc1cc2ccoc2c2c1O[C@]13C=C[C@H]4SSC[C@H](CC[C@H](C)CCC[C@@H](O)[C@@]4(O1)[C@]1(O)[C@@H]4C=C[C@]5(CO)[C@@H]([C@H]4C=C[C@@H]5O)[C@@]3(O)[C@H]1O)NCCO2. The molecule has 2 spiro atoms. The van der Waals surface area contributed by atoms with Gasteiger partial charge in [0, 0.05) is 47.4 Å². The Hall–Kier alpha value is -2.57. The number of hydrogen-bond donors (Lipinski definition) is 7. The van der Waals surface area contributed by atoms with Crippen LogP contribution < -0.4 is 14.8 Å². The molecule has 10 bridgehead atoms. The topological polar surface area (TPSA) is 201 Å². The number of nitrogens with one attached hydrogen (secondary N) is 1. The summed E-state index contributed by atoms with van der Waals surface area (Å²) >= 11 is 0. The minimum Gasteiger partial charge on any atom is -0.485 e. The molecule has 316 valence electrons. The molecule has 3 aliphatic carbocycles. The number of aliphatic hydroxyl groups excluding tert-OH is 4. The fraction of sp³-hybridized carbons (Fsp3) is 0.651. The van der Waals surface area contributed by atoms with Gasteiger partial charge in [0.2, 0.25) is 5.75 Å². The van der Waals surface area contributed by atoms with Crippen molar-refractivity contribution in [3.63, 3.8) is 0 Å². The summed E-state index contributed by atoms with van der Waals surface area (Å²) in [5, 5.41) is 80.0. The summed E-state index contributed by atoms with van der Waals surface area (Å²) in [4.78, 5) is 12.8. The molecule has 5 aliphatic heterocycles.